The highest BCUT2D eigenvalue weighted by molar-refractivity contribution is 9.10. The largest absolute Gasteiger partial charge is 0.319 e. The van der Waals surface area contributed by atoms with Gasteiger partial charge in [-0.05, 0) is 15.9 Å². The monoisotopic (exact) mass is 303 g/mol. The molecule has 2 heterocycles. The molecule has 0 aromatic carbocycles. The van der Waals surface area contributed by atoms with E-state index in [1.54, 1.807) is 17.9 Å². The number of hydrogen-bond donors (Lipinski definition) is 0. The molecule has 6 nitrogen and oxygen atoms in total. The SMILES string of the molecule is Cn1cnnc1Cn1cnc(Cl)c(Br)c1=O. The van der Waals surface area contributed by atoms with E-state index in [0.29, 0.717) is 12.4 Å². The van der Waals surface area contributed by atoms with Crippen LogP contribution in [0, 0.1) is 0 Å². The van der Waals surface area contributed by atoms with Crippen LogP contribution in [0.25, 0.3) is 0 Å². The number of aryl methyl sites for hydroxylation is 1. The normalized spacial score (nSPS) is 10.7. The average molecular weight is 305 g/mol. The van der Waals surface area contributed by atoms with Gasteiger partial charge in [0.05, 0.1) is 12.9 Å². The van der Waals surface area contributed by atoms with Crippen molar-refractivity contribution in [2.45, 2.75) is 6.54 Å². The lowest BCUT2D eigenvalue weighted by Gasteiger charge is -2.05. The van der Waals surface area contributed by atoms with Crippen molar-refractivity contribution < 1.29 is 0 Å². The van der Waals surface area contributed by atoms with Crippen LogP contribution >= 0.6 is 27.5 Å². The van der Waals surface area contributed by atoms with Gasteiger partial charge in [0.25, 0.3) is 5.56 Å². The lowest BCUT2D eigenvalue weighted by molar-refractivity contribution is 0.661. The van der Waals surface area contributed by atoms with Crippen LogP contribution in [-0.2, 0) is 13.6 Å². The summed E-state index contributed by atoms with van der Waals surface area (Å²) < 4.78 is 3.38. The number of aromatic nitrogens is 5. The van der Waals surface area contributed by atoms with E-state index < -0.39 is 0 Å². The van der Waals surface area contributed by atoms with Crippen LogP contribution in [0.2, 0.25) is 5.15 Å². The molecule has 2 aromatic heterocycles. The summed E-state index contributed by atoms with van der Waals surface area (Å²) >= 11 is 8.78. The third-order valence-corrected chi connectivity index (χ3v) is 3.29. The van der Waals surface area contributed by atoms with Crippen molar-refractivity contribution in [3.63, 3.8) is 0 Å². The first kappa shape index (κ1) is 11.3. The van der Waals surface area contributed by atoms with Crippen molar-refractivity contribution in [1.82, 2.24) is 24.3 Å². The van der Waals surface area contributed by atoms with Crippen LogP contribution in [0.3, 0.4) is 0 Å². The van der Waals surface area contributed by atoms with Crippen LogP contribution < -0.4 is 5.56 Å². The summed E-state index contributed by atoms with van der Waals surface area (Å²) in [4.78, 5) is 15.6. The zero-order valence-electron chi connectivity index (χ0n) is 8.26. The summed E-state index contributed by atoms with van der Waals surface area (Å²) in [6.45, 7) is 0.304. The first-order chi connectivity index (χ1) is 7.59. The smallest absolute Gasteiger partial charge is 0.269 e. The van der Waals surface area contributed by atoms with Gasteiger partial charge >= 0.3 is 0 Å². The second kappa shape index (κ2) is 4.34. The minimum Gasteiger partial charge on any atom is -0.319 e. The maximum absolute atomic E-state index is 11.8. The second-order valence-corrected chi connectivity index (χ2v) is 4.29. The molecule has 0 saturated heterocycles. The van der Waals surface area contributed by atoms with E-state index in [4.69, 9.17) is 11.6 Å². The molecule has 2 rings (SSSR count). The number of nitrogens with zero attached hydrogens (tertiary/aromatic N) is 5. The summed E-state index contributed by atoms with van der Waals surface area (Å²) in [5.74, 6) is 0.665. The quantitative estimate of drug-likeness (QED) is 0.771. The Kier molecular flexibility index (Phi) is 3.06. The third kappa shape index (κ3) is 2.00. The summed E-state index contributed by atoms with van der Waals surface area (Å²) in [6, 6.07) is 0. The Morgan fingerprint density at radius 2 is 2.25 bits per heavy atom. The highest BCUT2D eigenvalue weighted by Gasteiger charge is 2.09. The van der Waals surface area contributed by atoms with Crippen molar-refractivity contribution in [1.29, 1.82) is 0 Å². The van der Waals surface area contributed by atoms with Crippen molar-refractivity contribution in [3.8, 4) is 0 Å². The Labute approximate surface area is 104 Å². The van der Waals surface area contributed by atoms with Gasteiger partial charge in [-0.2, -0.15) is 0 Å². The van der Waals surface area contributed by atoms with E-state index in [2.05, 4.69) is 31.1 Å². The lowest BCUT2D eigenvalue weighted by atomic mass is 10.5. The standard InChI is InChI=1S/C8H7BrClN5O/c1-14-4-12-13-5(14)2-15-3-11-7(10)6(9)8(15)16/h3-4H,2H2,1H3. The van der Waals surface area contributed by atoms with E-state index in [0.717, 1.165) is 0 Å². The van der Waals surface area contributed by atoms with E-state index >= 15 is 0 Å². The van der Waals surface area contributed by atoms with Crippen molar-refractivity contribution in [2.75, 3.05) is 0 Å². The first-order valence-electron chi connectivity index (χ1n) is 4.33. The van der Waals surface area contributed by atoms with Gasteiger partial charge in [-0.25, -0.2) is 4.98 Å². The Hall–Kier alpha value is -1.21. The average Bonchev–Trinajstić information content (AvgIpc) is 2.65. The van der Waals surface area contributed by atoms with Crippen LogP contribution in [0.5, 0.6) is 0 Å². The molecule has 0 spiro atoms. The Morgan fingerprint density at radius 1 is 1.50 bits per heavy atom. The van der Waals surface area contributed by atoms with Gasteiger partial charge in [-0.1, -0.05) is 11.6 Å². The molecule has 0 N–H and O–H groups in total. The number of halogens is 2. The summed E-state index contributed by atoms with van der Waals surface area (Å²) in [5.41, 5.74) is -0.247. The van der Waals surface area contributed by atoms with Crippen LogP contribution in [0.1, 0.15) is 5.82 Å². The van der Waals surface area contributed by atoms with Gasteiger partial charge in [-0.15, -0.1) is 10.2 Å². The predicted octanol–water partition coefficient (Wildman–Crippen LogP) is 0.836. The van der Waals surface area contributed by atoms with Crippen LogP contribution in [0.15, 0.2) is 21.9 Å². The fourth-order valence-corrected chi connectivity index (χ4v) is 1.61. The summed E-state index contributed by atoms with van der Waals surface area (Å²) in [5, 5.41) is 7.76. The molecule has 8 heteroatoms. The molecule has 0 aliphatic heterocycles. The molecule has 0 fully saturated rings. The zero-order chi connectivity index (χ0) is 11.7. The van der Waals surface area contributed by atoms with E-state index in [-0.39, 0.29) is 15.2 Å². The Bertz CT molecular complexity index is 578. The van der Waals surface area contributed by atoms with Gasteiger partial charge in [0.1, 0.15) is 10.8 Å². The van der Waals surface area contributed by atoms with E-state index in [1.807, 2.05) is 0 Å². The first-order valence-corrected chi connectivity index (χ1v) is 5.50. The van der Waals surface area contributed by atoms with Crippen LogP contribution in [-0.4, -0.2) is 24.3 Å². The maximum Gasteiger partial charge on any atom is 0.269 e. The maximum atomic E-state index is 11.8. The summed E-state index contributed by atoms with van der Waals surface area (Å²) in [7, 11) is 1.80. The molecule has 0 amide bonds. The molecular weight excluding hydrogens is 297 g/mol. The highest BCUT2D eigenvalue weighted by atomic mass is 79.9. The molecule has 0 bridgehead atoms. The van der Waals surface area contributed by atoms with Gasteiger partial charge < -0.3 is 4.57 Å². The highest BCUT2D eigenvalue weighted by Crippen LogP contribution is 2.13. The lowest BCUT2D eigenvalue weighted by Crippen LogP contribution is -2.23. The van der Waals surface area contributed by atoms with Crippen molar-refractivity contribution in [2.24, 2.45) is 7.05 Å². The Morgan fingerprint density at radius 3 is 2.88 bits per heavy atom. The van der Waals surface area contributed by atoms with E-state index in [1.165, 1.54) is 10.9 Å². The van der Waals surface area contributed by atoms with Crippen molar-refractivity contribution in [3.05, 3.63) is 38.5 Å². The second-order valence-electron chi connectivity index (χ2n) is 3.14. The molecular formula is C8H7BrClN5O. The van der Waals surface area contributed by atoms with Gasteiger partial charge in [0.2, 0.25) is 0 Å². The topological polar surface area (TPSA) is 65.6 Å². The molecule has 16 heavy (non-hydrogen) atoms. The molecule has 0 atom stereocenters. The minimum absolute atomic E-state index is 0.152. The number of rotatable bonds is 2. The van der Waals surface area contributed by atoms with Gasteiger partial charge in [-0.3, -0.25) is 9.36 Å². The Balaban J connectivity index is 2.40. The fourth-order valence-electron chi connectivity index (χ4n) is 1.16. The van der Waals surface area contributed by atoms with Gasteiger partial charge in [0, 0.05) is 7.05 Å². The molecule has 2 aromatic rings. The predicted molar refractivity (Wildman–Crippen MR) is 61.3 cm³/mol. The molecule has 0 radical (unpaired) electrons. The van der Waals surface area contributed by atoms with Crippen LogP contribution in [0.4, 0.5) is 0 Å². The zero-order valence-corrected chi connectivity index (χ0v) is 10.6. The molecule has 84 valence electrons. The fraction of sp³-hybridized carbons (Fsp3) is 0.250. The number of hydrogen-bond acceptors (Lipinski definition) is 4. The van der Waals surface area contributed by atoms with Crippen molar-refractivity contribution >= 4 is 27.5 Å². The molecule has 0 aliphatic carbocycles. The minimum atomic E-state index is -0.247. The van der Waals surface area contributed by atoms with E-state index in [9.17, 15) is 4.79 Å². The third-order valence-electron chi connectivity index (χ3n) is 2.06. The van der Waals surface area contributed by atoms with Gasteiger partial charge in [0.15, 0.2) is 11.0 Å². The molecule has 0 saturated carbocycles. The molecule has 0 aliphatic rings. The summed E-state index contributed by atoms with van der Waals surface area (Å²) in [6.07, 6.45) is 2.95. The molecule has 0 unspecified atom stereocenters.